The zero-order valence-corrected chi connectivity index (χ0v) is 32.8. The molecule has 1 unspecified atom stereocenters. The lowest BCUT2D eigenvalue weighted by molar-refractivity contribution is -0.858. The Kier molecular flexibility index (Phi) is 33.8. The van der Waals surface area contributed by atoms with Gasteiger partial charge in [0.05, 0.1) is 20.7 Å². The van der Waals surface area contributed by atoms with Gasteiger partial charge in [-0.25, -0.2) is 4.57 Å². The quantitative estimate of drug-likeness (QED) is 0.0286. The number of hydrogen-bond acceptors (Lipinski definition) is 7. The van der Waals surface area contributed by atoms with Crippen molar-refractivity contribution in [3.63, 3.8) is 0 Å². The largest absolute Gasteiger partial charge is 0.472 e. The van der Waals surface area contributed by atoms with Crippen LogP contribution in [0.1, 0.15) is 168 Å². The fourth-order valence-electron chi connectivity index (χ4n) is 5.17. The summed E-state index contributed by atoms with van der Waals surface area (Å²) in [6.07, 6.45) is 33.6. The Bertz CT molecular complexity index is 879. The molecule has 0 saturated carbocycles. The first-order chi connectivity index (χ1) is 23.7. The third-order valence-corrected chi connectivity index (χ3v) is 9.28. The lowest BCUT2D eigenvalue weighted by Crippen LogP contribution is -3.06. The van der Waals surface area contributed by atoms with Crippen LogP contribution in [0.5, 0.6) is 0 Å². The number of unbranched alkanes of at least 4 members (excludes halogenated alkanes) is 18. The van der Waals surface area contributed by atoms with Crippen LogP contribution in [0.25, 0.3) is 0 Å². The number of likely N-dealkylation sites (N-methyl/N-ethyl adjacent to an activating group) is 1. The van der Waals surface area contributed by atoms with Crippen molar-refractivity contribution in [2.75, 3.05) is 40.5 Å². The second-order valence-corrected chi connectivity index (χ2v) is 15.1. The topological polar surface area (TPSA) is 113 Å². The molecule has 288 valence electrons. The molecule has 0 aliphatic heterocycles. The maximum absolute atomic E-state index is 12.6. The van der Waals surface area contributed by atoms with Crippen LogP contribution in [0.2, 0.25) is 0 Å². The molecular weight excluding hydrogens is 641 g/mol. The zero-order chi connectivity index (χ0) is 36.3. The SMILES string of the molecule is CCCCCC/C=C\CCCCCCCC(=O)OC[C@H](COP(=O)(O)OCC[NH+](C)C)OC(=O)CCCCCCC/C=C\CCCCCC. The van der Waals surface area contributed by atoms with Crippen molar-refractivity contribution in [2.24, 2.45) is 0 Å². The van der Waals surface area contributed by atoms with Gasteiger partial charge in [0.25, 0.3) is 0 Å². The lowest BCUT2D eigenvalue weighted by atomic mass is 10.1. The number of esters is 2. The number of carbonyl (C=O) groups excluding carboxylic acids is 2. The van der Waals surface area contributed by atoms with Crippen LogP contribution in [0, 0.1) is 0 Å². The van der Waals surface area contributed by atoms with Crippen molar-refractivity contribution in [2.45, 2.75) is 174 Å². The minimum atomic E-state index is -4.34. The summed E-state index contributed by atoms with van der Waals surface area (Å²) in [6, 6.07) is 0. The highest BCUT2D eigenvalue weighted by Crippen LogP contribution is 2.43. The molecular formula is C39H75NO8P+. The van der Waals surface area contributed by atoms with Gasteiger partial charge in [0.1, 0.15) is 19.8 Å². The van der Waals surface area contributed by atoms with Crippen molar-refractivity contribution in [1.29, 1.82) is 0 Å². The van der Waals surface area contributed by atoms with E-state index < -0.39 is 26.5 Å². The van der Waals surface area contributed by atoms with E-state index >= 15 is 0 Å². The predicted molar refractivity (Wildman–Crippen MR) is 201 cm³/mol. The smallest absolute Gasteiger partial charge is 0.462 e. The monoisotopic (exact) mass is 717 g/mol. The first-order valence-electron chi connectivity index (χ1n) is 19.8. The third-order valence-electron chi connectivity index (χ3n) is 8.29. The number of nitrogens with one attached hydrogen (secondary N) is 1. The van der Waals surface area contributed by atoms with Crippen LogP contribution in [0.3, 0.4) is 0 Å². The van der Waals surface area contributed by atoms with Gasteiger partial charge in [-0.15, -0.1) is 0 Å². The second-order valence-electron chi connectivity index (χ2n) is 13.6. The van der Waals surface area contributed by atoms with Gasteiger partial charge < -0.3 is 19.3 Å². The lowest BCUT2D eigenvalue weighted by Gasteiger charge is -2.20. The molecule has 0 aromatic carbocycles. The summed E-state index contributed by atoms with van der Waals surface area (Å²) in [5.74, 6) is -0.817. The third kappa shape index (κ3) is 36.1. The van der Waals surface area contributed by atoms with Gasteiger partial charge in [0.15, 0.2) is 6.10 Å². The molecule has 0 aromatic heterocycles. The van der Waals surface area contributed by atoms with Crippen molar-refractivity contribution >= 4 is 19.8 Å². The van der Waals surface area contributed by atoms with Crippen LogP contribution in [0.4, 0.5) is 0 Å². The van der Waals surface area contributed by atoms with Gasteiger partial charge in [-0.2, -0.15) is 0 Å². The Morgan fingerprint density at radius 3 is 1.51 bits per heavy atom. The summed E-state index contributed by atoms with van der Waals surface area (Å²) in [5.41, 5.74) is 0. The Labute approximate surface area is 300 Å². The van der Waals surface area contributed by atoms with Crippen LogP contribution < -0.4 is 4.90 Å². The predicted octanol–water partition coefficient (Wildman–Crippen LogP) is 9.23. The fraction of sp³-hybridized carbons (Fsp3) is 0.846. The zero-order valence-electron chi connectivity index (χ0n) is 31.9. The van der Waals surface area contributed by atoms with Crippen LogP contribution in [-0.4, -0.2) is 63.4 Å². The Hall–Kier alpha value is -1.51. The molecule has 0 rings (SSSR count). The summed E-state index contributed by atoms with van der Waals surface area (Å²) in [5, 5.41) is 0. The molecule has 0 spiro atoms. The van der Waals surface area contributed by atoms with Crippen molar-refractivity contribution in [3.05, 3.63) is 24.3 Å². The van der Waals surface area contributed by atoms with Crippen LogP contribution >= 0.6 is 7.82 Å². The molecule has 0 aliphatic carbocycles. The number of allylic oxidation sites excluding steroid dienone is 4. The average Bonchev–Trinajstić information content (AvgIpc) is 3.06. The summed E-state index contributed by atoms with van der Waals surface area (Å²) in [7, 11) is -0.536. The highest BCUT2D eigenvalue weighted by atomic mass is 31.2. The van der Waals surface area contributed by atoms with Gasteiger partial charge >= 0.3 is 19.8 Å². The van der Waals surface area contributed by atoms with E-state index in [9.17, 15) is 19.0 Å². The minimum Gasteiger partial charge on any atom is -0.462 e. The number of phosphoric acid groups is 1. The summed E-state index contributed by atoms with van der Waals surface area (Å²) in [6.45, 7) is 4.39. The molecule has 10 heteroatoms. The van der Waals surface area contributed by atoms with Crippen molar-refractivity contribution < 1.29 is 42.5 Å². The number of quaternary nitrogens is 1. The Morgan fingerprint density at radius 1 is 0.612 bits per heavy atom. The minimum absolute atomic E-state index is 0.0424. The second kappa shape index (κ2) is 34.9. The first-order valence-corrected chi connectivity index (χ1v) is 21.3. The van der Waals surface area contributed by atoms with Crippen LogP contribution in [0.15, 0.2) is 24.3 Å². The van der Waals surface area contributed by atoms with Gasteiger partial charge in [-0.1, -0.05) is 115 Å². The summed E-state index contributed by atoms with van der Waals surface area (Å²) in [4.78, 5) is 36.1. The van der Waals surface area contributed by atoms with E-state index in [0.29, 0.717) is 13.0 Å². The maximum atomic E-state index is 12.6. The molecule has 9 nitrogen and oxygen atoms in total. The maximum Gasteiger partial charge on any atom is 0.472 e. The van der Waals surface area contributed by atoms with E-state index in [-0.39, 0.29) is 32.0 Å². The molecule has 2 N–H and O–H groups in total. The molecule has 0 amide bonds. The Morgan fingerprint density at radius 2 is 1.04 bits per heavy atom. The number of rotatable bonds is 36. The van der Waals surface area contributed by atoms with E-state index in [4.69, 9.17) is 18.5 Å². The van der Waals surface area contributed by atoms with E-state index in [1.165, 1.54) is 64.2 Å². The molecule has 0 saturated heterocycles. The Balaban J connectivity index is 4.38. The molecule has 0 aliphatic rings. The first kappa shape index (κ1) is 47.5. The molecule has 49 heavy (non-hydrogen) atoms. The average molecular weight is 717 g/mol. The molecule has 0 fully saturated rings. The van der Waals surface area contributed by atoms with Crippen molar-refractivity contribution in [1.82, 2.24) is 0 Å². The molecule has 2 atom stereocenters. The number of phosphoric ester groups is 1. The standard InChI is InChI=1S/C39H74NO8P/c1-5-7-9-11-13-15-17-19-21-23-25-27-29-31-38(41)45-35-37(36-47-49(43,44)46-34-33-40(3)4)48-39(42)32-30-28-26-24-22-20-18-16-14-12-10-8-6-2/h15-18,37H,5-14,19-36H2,1-4H3,(H,43,44)/p+1/b17-15-,18-16-/t37-/m1/s1. The number of hydrogen-bond donors (Lipinski definition) is 2. The molecule has 0 radical (unpaired) electrons. The highest BCUT2D eigenvalue weighted by Gasteiger charge is 2.26. The number of carbonyl (C=O) groups is 2. The van der Waals surface area contributed by atoms with Gasteiger partial charge in [0.2, 0.25) is 0 Å². The van der Waals surface area contributed by atoms with E-state index in [1.807, 2.05) is 14.1 Å². The van der Waals surface area contributed by atoms with Crippen LogP contribution in [-0.2, 0) is 32.7 Å². The van der Waals surface area contributed by atoms with E-state index in [1.54, 1.807) is 0 Å². The van der Waals surface area contributed by atoms with Gasteiger partial charge in [-0.05, 0) is 64.2 Å². The fourth-order valence-corrected chi connectivity index (χ4v) is 5.92. The van der Waals surface area contributed by atoms with E-state index in [2.05, 4.69) is 38.2 Å². The van der Waals surface area contributed by atoms with E-state index in [0.717, 1.165) is 75.5 Å². The highest BCUT2D eigenvalue weighted by molar-refractivity contribution is 7.47. The molecule has 0 bridgehead atoms. The normalized spacial score (nSPS) is 13.8. The van der Waals surface area contributed by atoms with Crippen molar-refractivity contribution in [3.8, 4) is 0 Å². The number of ether oxygens (including phenoxy) is 2. The summed E-state index contributed by atoms with van der Waals surface area (Å²) >= 11 is 0. The molecule has 0 aromatic rings. The van der Waals surface area contributed by atoms with Gasteiger partial charge in [0, 0.05) is 12.8 Å². The van der Waals surface area contributed by atoms with Gasteiger partial charge in [-0.3, -0.25) is 18.6 Å². The molecule has 0 heterocycles. The summed E-state index contributed by atoms with van der Waals surface area (Å²) < 4.78 is 33.4.